The van der Waals surface area contributed by atoms with E-state index in [-0.39, 0.29) is 21.9 Å². The molecule has 0 aromatic heterocycles. The fourth-order valence-corrected chi connectivity index (χ4v) is 3.44. The van der Waals surface area contributed by atoms with E-state index in [2.05, 4.69) is 21.2 Å². The predicted molar refractivity (Wildman–Crippen MR) is 86.2 cm³/mol. The Bertz CT molecular complexity index is 821. The van der Waals surface area contributed by atoms with Gasteiger partial charge >= 0.3 is 0 Å². The summed E-state index contributed by atoms with van der Waals surface area (Å²) < 4.78 is 37.4. The number of hydrogen-bond acceptors (Lipinski definition) is 3. The van der Waals surface area contributed by atoms with Gasteiger partial charge in [0.25, 0.3) is 5.91 Å². The molecule has 0 bridgehead atoms. The van der Waals surface area contributed by atoms with Crippen LogP contribution >= 0.6 is 15.9 Å². The van der Waals surface area contributed by atoms with Crippen LogP contribution in [0.5, 0.6) is 0 Å². The fraction of sp³-hybridized carbons (Fsp3) is 0.133. The summed E-state index contributed by atoms with van der Waals surface area (Å²) in [6.07, 6.45) is 0. The Morgan fingerprint density at radius 3 is 2.55 bits per heavy atom. The van der Waals surface area contributed by atoms with Crippen molar-refractivity contribution in [3.05, 3.63) is 58.3 Å². The van der Waals surface area contributed by atoms with E-state index < -0.39 is 21.6 Å². The van der Waals surface area contributed by atoms with E-state index in [0.717, 1.165) is 6.07 Å². The maximum atomic E-state index is 13.1. The summed E-state index contributed by atoms with van der Waals surface area (Å²) in [5, 5.41) is 2.56. The Morgan fingerprint density at radius 2 is 1.91 bits per heavy atom. The second-order valence-electron chi connectivity index (χ2n) is 4.48. The summed E-state index contributed by atoms with van der Waals surface area (Å²) in [6, 6.07) is 9.83. The van der Waals surface area contributed by atoms with Gasteiger partial charge in [-0.25, -0.2) is 12.8 Å². The molecule has 0 heterocycles. The van der Waals surface area contributed by atoms with Gasteiger partial charge in [-0.1, -0.05) is 19.1 Å². The summed E-state index contributed by atoms with van der Waals surface area (Å²) >= 11 is 3.11. The van der Waals surface area contributed by atoms with Gasteiger partial charge in [0.2, 0.25) is 0 Å². The van der Waals surface area contributed by atoms with Gasteiger partial charge in [0.05, 0.1) is 21.9 Å². The van der Waals surface area contributed by atoms with Crippen LogP contribution in [0.25, 0.3) is 0 Å². The molecule has 0 unspecified atom stereocenters. The zero-order chi connectivity index (χ0) is 16.3. The van der Waals surface area contributed by atoms with Crippen LogP contribution in [0.1, 0.15) is 17.3 Å². The van der Waals surface area contributed by atoms with Crippen LogP contribution in [0.4, 0.5) is 10.1 Å². The first-order valence-electron chi connectivity index (χ1n) is 6.43. The Kier molecular flexibility index (Phi) is 4.97. The van der Waals surface area contributed by atoms with E-state index in [1.165, 1.54) is 31.2 Å². The molecule has 0 aliphatic carbocycles. The van der Waals surface area contributed by atoms with Crippen molar-refractivity contribution in [2.24, 2.45) is 0 Å². The largest absolute Gasteiger partial charge is 0.321 e. The fourth-order valence-electron chi connectivity index (χ4n) is 1.86. The molecule has 1 N–H and O–H groups in total. The number of nitrogens with one attached hydrogen (secondary N) is 1. The lowest BCUT2D eigenvalue weighted by atomic mass is 10.2. The van der Waals surface area contributed by atoms with Gasteiger partial charge in [0, 0.05) is 4.47 Å². The Balaban J connectivity index is 2.37. The molecule has 2 rings (SSSR count). The van der Waals surface area contributed by atoms with E-state index in [1.807, 2.05) is 0 Å². The number of sulfone groups is 1. The first-order valence-corrected chi connectivity index (χ1v) is 8.88. The smallest absolute Gasteiger partial charge is 0.256 e. The van der Waals surface area contributed by atoms with Crippen molar-refractivity contribution in [3.63, 3.8) is 0 Å². The van der Waals surface area contributed by atoms with Crippen LogP contribution in [0, 0.1) is 5.82 Å². The molecule has 1 amide bonds. The number of halogens is 2. The lowest BCUT2D eigenvalue weighted by Crippen LogP contribution is -2.16. The minimum atomic E-state index is -3.46. The Morgan fingerprint density at radius 1 is 1.23 bits per heavy atom. The topological polar surface area (TPSA) is 63.2 Å². The molecule has 116 valence electrons. The third-order valence-corrected chi connectivity index (χ3v) is 5.47. The van der Waals surface area contributed by atoms with Crippen LogP contribution in [0.15, 0.2) is 51.8 Å². The second-order valence-corrected chi connectivity index (χ2v) is 7.58. The first-order chi connectivity index (χ1) is 10.3. The molecule has 0 aliphatic rings. The van der Waals surface area contributed by atoms with Gasteiger partial charge in [-0.05, 0) is 46.3 Å². The van der Waals surface area contributed by atoms with Gasteiger partial charge in [-0.15, -0.1) is 0 Å². The third-order valence-electron chi connectivity index (χ3n) is 3.03. The highest BCUT2D eigenvalue weighted by Crippen LogP contribution is 2.24. The normalized spacial score (nSPS) is 11.2. The van der Waals surface area contributed by atoms with E-state index in [4.69, 9.17) is 0 Å². The molecule has 4 nitrogen and oxygen atoms in total. The molecule has 0 radical (unpaired) electrons. The lowest BCUT2D eigenvalue weighted by molar-refractivity contribution is 0.102. The molecular weight excluding hydrogens is 373 g/mol. The number of para-hydroxylation sites is 1. The van der Waals surface area contributed by atoms with Crippen LogP contribution in [-0.2, 0) is 9.84 Å². The highest BCUT2D eigenvalue weighted by molar-refractivity contribution is 9.10. The summed E-state index contributed by atoms with van der Waals surface area (Å²) in [6.45, 7) is 1.53. The molecule has 2 aromatic carbocycles. The SMILES string of the molecule is CCS(=O)(=O)c1ccccc1NC(=O)c1ccc(F)cc1Br. The molecule has 22 heavy (non-hydrogen) atoms. The van der Waals surface area contributed by atoms with Gasteiger partial charge in [0.15, 0.2) is 9.84 Å². The monoisotopic (exact) mass is 385 g/mol. The molecule has 0 spiro atoms. The van der Waals surface area contributed by atoms with E-state index in [0.29, 0.717) is 4.47 Å². The van der Waals surface area contributed by atoms with Crippen molar-refractivity contribution in [2.75, 3.05) is 11.1 Å². The highest BCUT2D eigenvalue weighted by atomic mass is 79.9. The first kappa shape index (κ1) is 16.6. The van der Waals surface area contributed by atoms with E-state index >= 15 is 0 Å². The number of anilines is 1. The number of benzene rings is 2. The minimum absolute atomic E-state index is 0.0593. The van der Waals surface area contributed by atoms with Gasteiger partial charge in [-0.2, -0.15) is 0 Å². The summed E-state index contributed by atoms with van der Waals surface area (Å²) in [4.78, 5) is 12.3. The summed E-state index contributed by atoms with van der Waals surface area (Å²) in [5.41, 5.74) is 0.413. The Labute approximate surface area is 136 Å². The van der Waals surface area contributed by atoms with Crippen molar-refractivity contribution in [1.29, 1.82) is 0 Å². The number of carbonyl (C=O) groups is 1. The van der Waals surface area contributed by atoms with Gasteiger partial charge in [0.1, 0.15) is 5.82 Å². The number of rotatable bonds is 4. The van der Waals surface area contributed by atoms with Crippen molar-refractivity contribution in [2.45, 2.75) is 11.8 Å². The Hall–Kier alpha value is -1.73. The highest BCUT2D eigenvalue weighted by Gasteiger charge is 2.19. The summed E-state index contributed by atoms with van der Waals surface area (Å²) in [7, 11) is -3.46. The average molecular weight is 386 g/mol. The molecule has 0 saturated heterocycles. The molecule has 0 saturated carbocycles. The average Bonchev–Trinajstić information content (AvgIpc) is 2.47. The summed E-state index contributed by atoms with van der Waals surface area (Å²) in [5.74, 6) is -1.07. The standard InChI is InChI=1S/C15H13BrFNO3S/c1-2-22(20,21)14-6-4-3-5-13(14)18-15(19)11-8-7-10(17)9-12(11)16/h3-9H,2H2,1H3,(H,18,19). The quantitative estimate of drug-likeness (QED) is 0.873. The molecular formula is C15H13BrFNO3S. The lowest BCUT2D eigenvalue weighted by Gasteiger charge is -2.11. The number of carbonyl (C=O) groups excluding carboxylic acids is 1. The molecule has 0 fully saturated rings. The van der Waals surface area contributed by atoms with Crippen LogP contribution in [-0.4, -0.2) is 20.1 Å². The molecule has 7 heteroatoms. The molecule has 2 aromatic rings. The van der Waals surface area contributed by atoms with E-state index in [9.17, 15) is 17.6 Å². The maximum absolute atomic E-state index is 13.1. The van der Waals surface area contributed by atoms with Crippen LogP contribution < -0.4 is 5.32 Å². The second kappa shape index (κ2) is 6.58. The van der Waals surface area contributed by atoms with Crippen molar-refractivity contribution in [1.82, 2.24) is 0 Å². The molecule has 0 atom stereocenters. The zero-order valence-corrected chi connectivity index (χ0v) is 14.0. The number of amides is 1. The minimum Gasteiger partial charge on any atom is -0.321 e. The van der Waals surface area contributed by atoms with Crippen molar-refractivity contribution in [3.8, 4) is 0 Å². The molecule has 0 aliphatic heterocycles. The van der Waals surface area contributed by atoms with Crippen molar-refractivity contribution < 1.29 is 17.6 Å². The van der Waals surface area contributed by atoms with Crippen LogP contribution in [0.2, 0.25) is 0 Å². The van der Waals surface area contributed by atoms with Gasteiger partial charge in [-0.3, -0.25) is 4.79 Å². The maximum Gasteiger partial charge on any atom is 0.256 e. The third kappa shape index (κ3) is 3.53. The van der Waals surface area contributed by atoms with Crippen molar-refractivity contribution >= 4 is 37.4 Å². The van der Waals surface area contributed by atoms with E-state index in [1.54, 1.807) is 12.1 Å². The zero-order valence-electron chi connectivity index (χ0n) is 11.6. The van der Waals surface area contributed by atoms with Crippen LogP contribution in [0.3, 0.4) is 0 Å². The predicted octanol–water partition coefficient (Wildman–Crippen LogP) is 3.63. The number of hydrogen-bond donors (Lipinski definition) is 1. The van der Waals surface area contributed by atoms with Gasteiger partial charge < -0.3 is 5.32 Å².